The van der Waals surface area contributed by atoms with Crippen molar-refractivity contribution in [3.05, 3.63) is 48.4 Å². The summed E-state index contributed by atoms with van der Waals surface area (Å²) in [6.07, 6.45) is 3.76. The van der Waals surface area contributed by atoms with Crippen LogP contribution in [0.4, 0.5) is 0 Å². The third kappa shape index (κ3) is 2.54. The predicted molar refractivity (Wildman–Crippen MR) is 95.2 cm³/mol. The Kier molecular flexibility index (Phi) is 3.70. The molecule has 4 aromatic rings. The Bertz CT molecular complexity index is 1080. The van der Waals surface area contributed by atoms with Gasteiger partial charge in [-0.25, -0.2) is 4.98 Å². The third-order valence-electron chi connectivity index (χ3n) is 4.24. The van der Waals surface area contributed by atoms with E-state index in [0.717, 1.165) is 27.4 Å². The number of nitrogens with zero attached hydrogens (tertiary/aromatic N) is 3. The molecule has 25 heavy (non-hydrogen) atoms. The molecule has 4 rings (SSSR count). The van der Waals surface area contributed by atoms with Crippen LogP contribution in [-0.4, -0.2) is 43.9 Å². The van der Waals surface area contributed by atoms with Crippen LogP contribution >= 0.6 is 0 Å². The lowest BCUT2D eigenvalue weighted by molar-refractivity contribution is 0.0940. The maximum atomic E-state index is 12.3. The number of carbonyl (C=O) groups is 1. The van der Waals surface area contributed by atoms with Crippen LogP contribution in [0, 0.1) is 0 Å². The molecule has 0 bridgehead atoms. The molecule has 3 aromatic heterocycles. The lowest BCUT2D eigenvalue weighted by Crippen LogP contribution is -2.27. The number of hydrogen-bond donors (Lipinski definition) is 3. The van der Waals surface area contributed by atoms with Gasteiger partial charge in [0.05, 0.1) is 12.8 Å². The average molecular weight is 335 g/mol. The van der Waals surface area contributed by atoms with Crippen molar-refractivity contribution < 1.29 is 9.90 Å². The maximum absolute atomic E-state index is 12.3. The topological polar surface area (TPSA) is 95.8 Å². The summed E-state index contributed by atoms with van der Waals surface area (Å²) in [6, 6.07) is 9.88. The van der Waals surface area contributed by atoms with Crippen LogP contribution in [-0.2, 0) is 7.05 Å². The first-order valence-corrected chi connectivity index (χ1v) is 7.96. The van der Waals surface area contributed by atoms with Gasteiger partial charge in [0.1, 0.15) is 5.69 Å². The van der Waals surface area contributed by atoms with Gasteiger partial charge in [0.25, 0.3) is 5.91 Å². The van der Waals surface area contributed by atoms with Crippen LogP contribution in [0.15, 0.2) is 42.7 Å². The van der Waals surface area contributed by atoms with Gasteiger partial charge in [-0.2, -0.15) is 5.10 Å². The minimum absolute atomic E-state index is 0.117. The van der Waals surface area contributed by atoms with Crippen molar-refractivity contribution in [2.75, 3.05) is 13.2 Å². The molecular formula is C18H17N5O2. The fourth-order valence-electron chi connectivity index (χ4n) is 3.08. The van der Waals surface area contributed by atoms with Crippen molar-refractivity contribution in [3.63, 3.8) is 0 Å². The van der Waals surface area contributed by atoms with E-state index in [1.807, 2.05) is 25.4 Å². The molecule has 0 spiro atoms. The Labute approximate surface area is 143 Å². The number of para-hydroxylation sites is 1. The fraction of sp³-hybridized carbons (Fsp3) is 0.167. The third-order valence-corrected chi connectivity index (χ3v) is 4.24. The largest absolute Gasteiger partial charge is 0.395 e. The van der Waals surface area contributed by atoms with E-state index in [1.165, 1.54) is 0 Å². The second-order valence-electron chi connectivity index (χ2n) is 5.84. The molecule has 0 saturated carbocycles. The normalized spacial score (nSPS) is 11.3. The van der Waals surface area contributed by atoms with E-state index < -0.39 is 0 Å². The summed E-state index contributed by atoms with van der Waals surface area (Å²) >= 11 is 0. The number of aromatic nitrogens is 4. The second-order valence-corrected chi connectivity index (χ2v) is 5.84. The van der Waals surface area contributed by atoms with E-state index in [9.17, 15) is 4.79 Å². The van der Waals surface area contributed by atoms with Crippen LogP contribution < -0.4 is 5.32 Å². The zero-order valence-corrected chi connectivity index (χ0v) is 13.7. The van der Waals surface area contributed by atoms with Gasteiger partial charge in [0.15, 0.2) is 5.65 Å². The van der Waals surface area contributed by atoms with Gasteiger partial charge in [0.2, 0.25) is 0 Å². The number of pyridine rings is 1. The molecule has 0 unspecified atom stereocenters. The van der Waals surface area contributed by atoms with Gasteiger partial charge in [-0.1, -0.05) is 18.2 Å². The highest BCUT2D eigenvalue weighted by molar-refractivity contribution is 6.06. The molecule has 7 heteroatoms. The number of H-pyrrole nitrogens is 1. The van der Waals surface area contributed by atoms with Crippen molar-refractivity contribution in [1.29, 1.82) is 0 Å². The van der Waals surface area contributed by atoms with Gasteiger partial charge in [-0.3, -0.25) is 9.89 Å². The second kappa shape index (κ2) is 6.03. The predicted octanol–water partition coefficient (Wildman–Crippen LogP) is 1.84. The van der Waals surface area contributed by atoms with E-state index in [2.05, 4.69) is 37.2 Å². The Morgan fingerprint density at radius 1 is 1.28 bits per heavy atom. The molecule has 0 saturated heterocycles. The Balaban J connectivity index is 1.94. The molecule has 0 atom stereocenters. The molecule has 0 radical (unpaired) electrons. The summed E-state index contributed by atoms with van der Waals surface area (Å²) in [7, 11) is 1.99. The highest BCUT2D eigenvalue weighted by Gasteiger charge is 2.17. The first kappa shape index (κ1) is 15.3. The van der Waals surface area contributed by atoms with Gasteiger partial charge in [-0.05, 0) is 17.7 Å². The lowest BCUT2D eigenvalue weighted by Gasteiger charge is -2.07. The summed E-state index contributed by atoms with van der Waals surface area (Å²) in [5.41, 5.74) is 3.86. The first-order valence-electron chi connectivity index (χ1n) is 7.96. The van der Waals surface area contributed by atoms with E-state index in [4.69, 9.17) is 5.11 Å². The molecule has 1 amide bonds. The SMILES string of the molecule is Cn1cc(-c2cc(C(=O)NCCO)nc3[nH]ncc23)c2ccccc21. The maximum Gasteiger partial charge on any atom is 0.270 e. The van der Waals surface area contributed by atoms with Crippen LogP contribution in [0.2, 0.25) is 0 Å². The van der Waals surface area contributed by atoms with Crippen molar-refractivity contribution in [1.82, 2.24) is 25.1 Å². The number of aliphatic hydroxyl groups excluding tert-OH is 1. The van der Waals surface area contributed by atoms with Crippen molar-refractivity contribution in [2.45, 2.75) is 0 Å². The highest BCUT2D eigenvalue weighted by Crippen LogP contribution is 2.34. The number of aryl methyl sites for hydroxylation is 1. The van der Waals surface area contributed by atoms with E-state index in [1.54, 1.807) is 12.3 Å². The Hall–Kier alpha value is -3.19. The van der Waals surface area contributed by atoms with Gasteiger partial charge in [0, 0.05) is 41.6 Å². The number of nitrogens with one attached hydrogen (secondary N) is 2. The summed E-state index contributed by atoms with van der Waals surface area (Å²) in [6.45, 7) is 0.0688. The van der Waals surface area contributed by atoms with Gasteiger partial charge < -0.3 is 15.0 Å². The standard InChI is InChI=1S/C18H17N5O2/c1-23-10-14(11-4-2-3-5-16(11)23)12-8-15(18(25)19-6-7-24)21-17-13(12)9-20-22-17/h2-5,8-10,24H,6-7H2,1H3,(H,19,25)(H,20,21,22). The minimum Gasteiger partial charge on any atom is -0.395 e. The number of amides is 1. The van der Waals surface area contributed by atoms with E-state index >= 15 is 0 Å². The van der Waals surface area contributed by atoms with Crippen LogP contribution in [0.3, 0.4) is 0 Å². The number of benzene rings is 1. The molecule has 0 aliphatic rings. The lowest BCUT2D eigenvalue weighted by atomic mass is 10.0. The molecule has 7 nitrogen and oxygen atoms in total. The molecule has 0 aliphatic heterocycles. The van der Waals surface area contributed by atoms with Crippen molar-refractivity contribution >= 4 is 27.8 Å². The van der Waals surface area contributed by atoms with Crippen molar-refractivity contribution in [3.8, 4) is 11.1 Å². The molecule has 0 fully saturated rings. The highest BCUT2D eigenvalue weighted by atomic mass is 16.3. The number of fused-ring (bicyclic) bond motifs is 2. The minimum atomic E-state index is -0.327. The van der Waals surface area contributed by atoms with Gasteiger partial charge in [-0.15, -0.1) is 0 Å². The number of carbonyl (C=O) groups excluding carboxylic acids is 1. The van der Waals surface area contributed by atoms with E-state index in [-0.39, 0.29) is 24.8 Å². The quantitative estimate of drug-likeness (QED) is 0.530. The monoisotopic (exact) mass is 335 g/mol. The molecule has 1 aromatic carbocycles. The Morgan fingerprint density at radius 2 is 2.12 bits per heavy atom. The number of rotatable bonds is 4. The molecular weight excluding hydrogens is 318 g/mol. The zero-order valence-electron chi connectivity index (χ0n) is 13.7. The average Bonchev–Trinajstić information content (AvgIpc) is 3.24. The summed E-state index contributed by atoms with van der Waals surface area (Å²) in [4.78, 5) is 16.6. The Morgan fingerprint density at radius 3 is 2.96 bits per heavy atom. The molecule has 3 heterocycles. The summed E-state index contributed by atoms with van der Waals surface area (Å²) in [5.74, 6) is -0.327. The molecule has 3 N–H and O–H groups in total. The molecule has 126 valence electrons. The van der Waals surface area contributed by atoms with Crippen LogP contribution in [0.5, 0.6) is 0 Å². The van der Waals surface area contributed by atoms with Crippen molar-refractivity contribution in [2.24, 2.45) is 7.05 Å². The first-order chi connectivity index (χ1) is 12.2. The van der Waals surface area contributed by atoms with E-state index in [0.29, 0.717) is 5.65 Å². The van der Waals surface area contributed by atoms with Crippen LogP contribution in [0.25, 0.3) is 33.1 Å². The van der Waals surface area contributed by atoms with Gasteiger partial charge >= 0.3 is 0 Å². The summed E-state index contributed by atoms with van der Waals surface area (Å²) in [5, 5.41) is 20.4. The van der Waals surface area contributed by atoms with Crippen LogP contribution in [0.1, 0.15) is 10.5 Å². The summed E-state index contributed by atoms with van der Waals surface area (Å²) < 4.78 is 2.06. The zero-order chi connectivity index (χ0) is 17.4. The number of aliphatic hydroxyl groups is 1. The fourth-order valence-corrected chi connectivity index (χ4v) is 3.08. The molecule has 0 aliphatic carbocycles. The number of hydrogen-bond acceptors (Lipinski definition) is 4. The number of aromatic amines is 1. The smallest absolute Gasteiger partial charge is 0.270 e.